The van der Waals surface area contributed by atoms with E-state index in [-0.39, 0.29) is 30.2 Å². The third-order valence-electron chi connectivity index (χ3n) is 4.01. The van der Waals surface area contributed by atoms with Crippen LogP contribution in [0.3, 0.4) is 0 Å². The van der Waals surface area contributed by atoms with Crippen LogP contribution in [0.2, 0.25) is 0 Å². The van der Waals surface area contributed by atoms with Crippen molar-refractivity contribution in [2.24, 2.45) is 18.7 Å². The fourth-order valence-electron chi connectivity index (χ4n) is 2.79. The van der Waals surface area contributed by atoms with Crippen LogP contribution in [-0.2, 0) is 7.05 Å². The zero-order valence-electron chi connectivity index (χ0n) is 12.2. The van der Waals surface area contributed by atoms with Gasteiger partial charge in [0.25, 0.3) is 5.91 Å². The van der Waals surface area contributed by atoms with Gasteiger partial charge in [0.2, 0.25) is 0 Å². The van der Waals surface area contributed by atoms with Crippen LogP contribution in [0, 0.1) is 16.0 Å². The molecule has 0 spiro atoms. The highest BCUT2D eigenvalue weighted by Gasteiger charge is 2.32. The van der Waals surface area contributed by atoms with E-state index in [1.807, 2.05) is 0 Å². The average molecular weight is 317 g/mol. The van der Waals surface area contributed by atoms with Crippen molar-refractivity contribution in [2.45, 2.75) is 25.8 Å². The minimum Gasteiger partial charge on any atom is -0.358 e. The van der Waals surface area contributed by atoms with Crippen molar-refractivity contribution in [2.75, 3.05) is 13.1 Å². The number of halogens is 1. The Morgan fingerprint density at radius 1 is 1.52 bits per heavy atom. The van der Waals surface area contributed by atoms with Crippen molar-refractivity contribution < 1.29 is 9.72 Å². The molecule has 2 rings (SSSR count). The molecule has 1 aromatic rings. The van der Waals surface area contributed by atoms with Gasteiger partial charge >= 0.3 is 5.82 Å². The molecule has 118 valence electrons. The zero-order chi connectivity index (χ0) is 14.9. The van der Waals surface area contributed by atoms with E-state index in [9.17, 15) is 14.9 Å². The van der Waals surface area contributed by atoms with Crippen LogP contribution in [0.4, 0.5) is 5.82 Å². The number of carbonyl (C=O) groups excluding carboxylic acids is 1. The third kappa shape index (κ3) is 3.36. The van der Waals surface area contributed by atoms with E-state index in [0.29, 0.717) is 24.7 Å². The van der Waals surface area contributed by atoms with E-state index in [4.69, 9.17) is 5.73 Å². The molecule has 1 aliphatic heterocycles. The zero-order valence-corrected chi connectivity index (χ0v) is 13.0. The van der Waals surface area contributed by atoms with Crippen LogP contribution in [0.5, 0.6) is 0 Å². The van der Waals surface area contributed by atoms with Crippen LogP contribution in [-0.4, -0.2) is 39.4 Å². The lowest BCUT2D eigenvalue weighted by Crippen LogP contribution is -2.49. The van der Waals surface area contributed by atoms with Gasteiger partial charge in [-0.1, -0.05) is 6.92 Å². The van der Waals surface area contributed by atoms with Gasteiger partial charge in [-0.25, -0.2) is 4.57 Å². The van der Waals surface area contributed by atoms with Crippen LogP contribution in [0.15, 0.2) is 12.1 Å². The fourth-order valence-corrected chi connectivity index (χ4v) is 2.79. The summed E-state index contributed by atoms with van der Waals surface area (Å²) in [6.45, 7) is 3.22. The molecule has 1 amide bonds. The second kappa shape index (κ2) is 6.91. The molecule has 1 aliphatic rings. The molecular formula is C13H21ClN4O3. The lowest BCUT2D eigenvalue weighted by atomic mass is 9.92. The Balaban J connectivity index is 0.00000220. The Morgan fingerprint density at radius 3 is 2.71 bits per heavy atom. The first kappa shape index (κ1) is 17.5. The summed E-state index contributed by atoms with van der Waals surface area (Å²) in [5.41, 5.74) is 6.09. The number of amides is 1. The van der Waals surface area contributed by atoms with Gasteiger partial charge in [0.1, 0.15) is 0 Å². The van der Waals surface area contributed by atoms with Crippen LogP contribution >= 0.6 is 12.4 Å². The van der Waals surface area contributed by atoms with E-state index in [1.165, 1.54) is 23.7 Å². The molecule has 0 saturated carbocycles. The second-order valence-electron chi connectivity index (χ2n) is 5.41. The number of rotatable bonds is 3. The molecule has 1 fully saturated rings. The minimum atomic E-state index is -0.491. The summed E-state index contributed by atoms with van der Waals surface area (Å²) in [7, 11) is 1.54. The first-order chi connectivity index (χ1) is 9.45. The quantitative estimate of drug-likeness (QED) is 0.676. The Bertz CT molecular complexity index is 531. The molecule has 0 aromatic carbocycles. The van der Waals surface area contributed by atoms with Crippen LogP contribution < -0.4 is 5.73 Å². The summed E-state index contributed by atoms with van der Waals surface area (Å²) >= 11 is 0. The molecule has 0 radical (unpaired) electrons. The SMILES string of the molecule is CC1CCN(C(=O)c2ccc([N+](=O)[O-])n2C)C(CN)C1.Cl. The molecule has 0 aliphatic carbocycles. The highest BCUT2D eigenvalue weighted by molar-refractivity contribution is 5.93. The molecule has 21 heavy (non-hydrogen) atoms. The molecule has 1 saturated heterocycles. The van der Waals surface area contributed by atoms with Crippen molar-refractivity contribution in [3.63, 3.8) is 0 Å². The number of aromatic nitrogens is 1. The summed E-state index contributed by atoms with van der Waals surface area (Å²) in [4.78, 5) is 24.7. The topological polar surface area (TPSA) is 94.4 Å². The first-order valence-electron chi connectivity index (χ1n) is 6.76. The molecule has 2 unspecified atom stereocenters. The predicted octanol–water partition coefficient (Wildman–Crippen LogP) is 1.55. The van der Waals surface area contributed by atoms with E-state index in [2.05, 4.69) is 6.92 Å². The number of nitrogens with zero attached hydrogens (tertiary/aromatic N) is 3. The number of piperidine rings is 1. The molecule has 8 heteroatoms. The van der Waals surface area contributed by atoms with Gasteiger partial charge in [-0.05, 0) is 29.7 Å². The minimum absolute atomic E-state index is 0. The van der Waals surface area contributed by atoms with Crippen LogP contribution in [0.25, 0.3) is 0 Å². The van der Waals surface area contributed by atoms with Gasteiger partial charge in [-0.15, -0.1) is 12.4 Å². The van der Waals surface area contributed by atoms with Crippen molar-refractivity contribution in [3.8, 4) is 0 Å². The summed E-state index contributed by atoms with van der Waals surface area (Å²) < 4.78 is 1.33. The van der Waals surface area contributed by atoms with E-state index in [0.717, 1.165) is 12.8 Å². The normalized spacial score (nSPS) is 21.8. The van der Waals surface area contributed by atoms with Crippen LogP contribution in [0.1, 0.15) is 30.3 Å². The number of carbonyl (C=O) groups is 1. The Morgan fingerprint density at radius 2 is 2.19 bits per heavy atom. The maximum atomic E-state index is 12.6. The van der Waals surface area contributed by atoms with Gasteiger partial charge in [0, 0.05) is 25.2 Å². The van der Waals surface area contributed by atoms with Gasteiger partial charge in [-0.3, -0.25) is 4.79 Å². The summed E-state index contributed by atoms with van der Waals surface area (Å²) in [5.74, 6) is 0.293. The monoisotopic (exact) mass is 316 g/mol. The van der Waals surface area contributed by atoms with Gasteiger partial charge in [-0.2, -0.15) is 0 Å². The first-order valence-corrected chi connectivity index (χ1v) is 6.76. The largest absolute Gasteiger partial charge is 0.358 e. The fraction of sp³-hybridized carbons (Fsp3) is 0.615. The van der Waals surface area contributed by atoms with Crippen molar-refractivity contribution >= 4 is 24.1 Å². The summed E-state index contributed by atoms with van der Waals surface area (Å²) in [6, 6.07) is 2.88. The number of hydrogen-bond donors (Lipinski definition) is 1. The highest BCUT2D eigenvalue weighted by Crippen LogP contribution is 2.25. The van der Waals surface area contributed by atoms with E-state index >= 15 is 0 Å². The molecular weight excluding hydrogens is 296 g/mol. The lowest BCUT2D eigenvalue weighted by molar-refractivity contribution is -0.391. The number of nitro groups is 1. The molecule has 7 nitrogen and oxygen atoms in total. The molecule has 2 N–H and O–H groups in total. The maximum absolute atomic E-state index is 12.6. The van der Waals surface area contributed by atoms with Crippen molar-refractivity contribution in [3.05, 3.63) is 27.9 Å². The molecule has 2 atom stereocenters. The molecule has 2 heterocycles. The molecule has 1 aromatic heterocycles. The smallest absolute Gasteiger partial charge is 0.323 e. The standard InChI is InChI=1S/C13H20N4O3.ClH/c1-9-5-6-16(10(7-9)8-14)13(18)11-3-4-12(15(11)2)17(19)20;/h3-4,9-10H,5-8,14H2,1-2H3;1H. The van der Waals surface area contributed by atoms with Gasteiger partial charge in [0.15, 0.2) is 5.69 Å². The highest BCUT2D eigenvalue weighted by atomic mass is 35.5. The average Bonchev–Trinajstić information content (AvgIpc) is 2.79. The summed E-state index contributed by atoms with van der Waals surface area (Å²) in [6.07, 6.45) is 1.82. The summed E-state index contributed by atoms with van der Waals surface area (Å²) in [5, 5.41) is 10.8. The van der Waals surface area contributed by atoms with E-state index in [1.54, 1.807) is 4.90 Å². The Hall–Kier alpha value is -1.60. The lowest BCUT2D eigenvalue weighted by Gasteiger charge is -2.37. The maximum Gasteiger partial charge on any atom is 0.323 e. The number of hydrogen-bond acceptors (Lipinski definition) is 4. The third-order valence-corrected chi connectivity index (χ3v) is 4.01. The Labute approximate surface area is 129 Å². The van der Waals surface area contributed by atoms with Crippen molar-refractivity contribution in [1.29, 1.82) is 0 Å². The number of likely N-dealkylation sites (tertiary alicyclic amines) is 1. The number of nitrogens with two attached hydrogens (primary N) is 1. The van der Waals surface area contributed by atoms with Gasteiger partial charge in [0.05, 0.1) is 7.05 Å². The van der Waals surface area contributed by atoms with E-state index < -0.39 is 4.92 Å². The predicted molar refractivity (Wildman–Crippen MR) is 81.6 cm³/mol. The van der Waals surface area contributed by atoms with Crippen molar-refractivity contribution in [1.82, 2.24) is 9.47 Å². The molecule has 0 bridgehead atoms. The second-order valence-corrected chi connectivity index (χ2v) is 5.41. The van der Waals surface area contributed by atoms with Gasteiger partial charge < -0.3 is 20.7 Å². The Kier molecular flexibility index (Phi) is 5.74.